The Bertz CT molecular complexity index is 929. The summed E-state index contributed by atoms with van der Waals surface area (Å²) in [5.41, 5.74) is -0.349. The van der Waals surface area contributed by atoms with E-state index in [-0.39, 0.29) is 36.5 Å². The van der Waals surface area contributed by atoms with E-state index in [1.807, 2.05) is 13.8 Å². The largest absolute Gasteiger partial charge is 0.497 e. The Balaban J connectivity index is 1.82. The fourth-order valence-electron chi connectivity index (χ4n) is 3.39. The second-order valence-corrected chi connectivity index (χ2v) is 7.39. The van der Waals surface area contributed by atoms with Gasteiger partial charge in [-0.2, -0.15) is 13.2 Å². The number of benzene rings is 1. The van der Waals surface area contributed by atoms with E-state index in [2.05, 4.69) is 4.98 Å². The number of rotatable bonds is 6. The van der Waals surface area contributed by atoms with Gasteiger partial charge in [-0.3, -0.25) is 9.69 Å². The van der Waals surface area contributed by atoms with Gasteiger partial charge in [-0.25, -0.2) is 9.78 Å². The van der Waals surface area contributed by atoms with Crippen molar-refractivity contribution in [1.82, 2.24) is 9.88 Å². The van der Waals surface area contributed by atoms with E-state index < -0.39 is 17.9 Å². The van der Waals surface area contributed by atoms with E-state index in [1.54, 1.807) is 24.3 Å². The molecule has 160 valence electrons. The van der Waals surface area contributed by atoms with Crippen LogP contribution in [-0.4, -0.2) is 47.9 Å². The summed E-state index contributed by atoms with van der Waals surface area (Å²) in [5, 5.41) is 0. The molecule has 3 rings (SSSR count). The molecule has 9 heteroatoms. The van der Waals surface area contributed by atoms with E-state index in [0.717, 1.165) is 12.3 Å². The van der Waals surface area contributed by atoms with Crippen LogP contribution in [0.1, 0.15) is 29.9 Å². The summed E-state index contributed by atoms with van der Waals surface area (Å²) in [5.74, 6) is 0.325. The fourth-order valence-corrected chi connectivity index (χ4v) is 3.39. The Morgan fingerprint density at radius 1 is 1.27 bits per heavy atom. The molecule has 0 spiro atoms. The Labute approximate surface area is 172 Å². The minimum absolute atomic E-state index is 0.0412. The number of urea groups is 1. The first-order chi connectivity index (χ1) is 14.1. The highest BCUT2D eigenvalue weighted by Crippen LogP contribution is 2.31. The zero-order valence-corrected chi connectivity index (χ0v) is 16.8. The first kappa shape index (κ1) is 21.6. The number of Topliss-reactive ketones (excluding diaryl/α,β-unsaturated/α-hetero) is 1. The molecule has 1 aliphatic heterocycles. The normalized spacial score (nSPS) is 17.0. The van der Waals surface area contributed by atoms with Gasteiger partial charge >= 0.3 is 12.2 Å². The Kier molecular flexibility index (Phi) is 6.00. The van der Waals surface area contributed by atoms with Gasteiger partial charge in [0.15, 0.2) is 5.78 Å². The smallest absolute Gasteiger partial charge is 0.433 e. The van der Waals surface area contributed by atoms with Crippen LogP contribution < -0.4 is 9.64 Å². The Hall–Kier alpha value is -3.10. The number of halogens is 3. The van der Waals surface area contributed by atoms with Gasteiger partial charge in [0.05, 0.1) is 31.6 Å². The summed E-state index contributed by atoms with van der Waals surface area (Å²) in [6.45, 7) is 3.97. The van der Waals surface area contributed by atoms with Crippen LogP contribution in [0.3, 0.4) is 0 Å². The van der Waals surface area contributed by atoms with Crippen LogP contribution in [0.5, 0.6) is 5.75 Å². The topological polar surface area (TPSA) is 62.7 Å². The molecule has 0 bridgehead atoms. The van der Waals surface area contributed by atoms with Gasteiger partial charge in [-0.1, -0.05) is 26.0 Å². The molecular formula is C21H22F3N3O3. The van der Waals surface area contributed by atoms with Crippen LogP contribution >= 0.6 is 0 Å². The Morgan fingerprint density at radius 3 is 2.57 bits per heavy atom. The summed E-state index contributed by atoms with van der Waals surface area (Å²) in [7, 11) is 1.50. The maximum Gasteiger partial charge on any atom is 0.433 e. The number of carbonyl (C=O) groups is 2. The number of ketones is 1. The molecule has 2 amide bonds. The minimum Gasteiger partial charge on any atom is -0.497 e. The number of pyridine rings is 1. The van der Waals surface area contributed by atoms with Crippen molar-refractivity contribution in [2.45, 2.75) is 26.1 Å². The van der Waals surface area contributed by atoms with Crippen molar-refractivity contribution >= 4 is 17.5 Å². The van der Waals surface area contributed by atoms with Crippen LogP contribution in [0.15, 0.2) is 42.6 Å². The van der Waals surface area contributed by atoms with Gasteiger partial charge in [-0.15, -0.1) is 0 Å². The average Bonchev–Trinajstić information content (AvgIpc) is 3.04. The molecule has 0 radical (unpaired) electrons. The maximum absolute atomic E-state index is 13.0. The number of methoxy groups -OCH3 is 1. The molecule has 2 heterocycles. The van der Waals surface area contributed by atoms with Crippen molar-refractivity contribution < 1.29 is 27.5 Å². The van der Waals surface area contributed by atoms with E-state index in [4.69, 9.17) is 4.74 Å². The SMILES string of the molecule is COc1cccc(C(=O)CN2C(=O)N(c3ccc(C(F)(F)F)nc3)C[C@@H]2C(C)C)c1. The molecule has 1 aliphatic rings. The van der Waals surface area contributed by atoms with Gasteiger partial charge in [0.1, 0.15) is 11.4 Å². The second-order valence-electron chi connectivity index (χ2n) is 7.39. The molecule has 1 saturated heterocycles. The fraction of sp³-hybridized carbons (Fsp3) is 0.381. The molecule has 1 atom stereocenters. The Morgan fingerprint density at radius 2 is 2.00 bits per heavy atom. The molecule has 0 unspecified atom stereocenters. The van der Waals surface area contributed by atoms with Gasteiger partial charge in [0, 0.05) is 12.1 Å². The average molecular weight is 421 g/mol. The lowest BCUT2D eigenvalue weighted by Gasteiger charge is -2.25. The summed E-state index contributed by atoms with van der Waals surface area (Å²) in [6.07, 6.45) is -3.52. The molecule has 1 aromatic heterocycles. The predicted molar refractivity (Wildman–Crippen MR) is 105 cm³/mol. The molecule has 1 fully saturated rings. The van der Waals surface area contributed by atoms with Crippen molar-refractivity contribution in [3.63, 3.8) is 0 Å². The van der Waals surface area contributed by atoms with E-state index in [1.165, 1.54) is 23.0 Å². The molecule has 0 saturated carbocycles. The molecular weight excluding hydrogens is 399 g/mol. The number of alkyl halides is 3. The van der Waals surface area contributed by atoms with Gasteiger partial charge in [0.2, 0.25) is 0 Å². The zero-order chi connectivity index (χ0) is 22.1. The van der Waals surface area contributed by atoms with Crippen molar-refractivity contribution in [3.05, 3.63) is 53.9 Å². The number of amides is 2. The minimum atomic E-state index is -4.55. The monoisotopic (exact) mass is 421 g/mol. The third-order valence-electron chi connectivity index (χ3n) is 5.07. The molecule has 0 aliphatic carbocycles. The van der Waals surface area contributed by atoms with E-state index in [9.17, 15) is 22.8 Å². The van der Waals surface area contributed by atoms with Crippen molar-refractivity contribution in [2.24, 2.45) is 5.92 Å². The standard InChI is InChI=1S/C21H22F3N3O3/c1-13(2)17-11-26(15-7-8-19(25-10-15)21(22,23)24)20(29)27(17)12-18(28)14-5-4-6-16(9-14)30-3/h4-10,13,17H,11-12H2,1-3H3/t17-/m1/s1. The second kappa shape index (κ2) is 8.33. The predicted octanol–water partition coefficient (Wildman–Crippen LogP) is 4.26. The molecule has 2 aromatic rings. The van der Waals surface area contributed by atoms with Crippen LogP contribution in [0.2, 0.25) is 0 Å². The van der Waals surface area contributed by atoms with E-state index in [0.29, 0.717) is 11.3 Å². The first-order valence-electron chi connectivity index (χ1n) is 9.40. The van der Waals surface area contributed by atoms with Crippen LogP contribution in [0.25, 0.3) is 0 Å². The number of nitrogens with zero attached hydrogens (tertiary/aromatic N) is 3. The molecule has 1 aromatic carbocycles. The van der Waals surface area contributed by atoms with E-state index >= 15 is 0 Å². The highest BCUT2D eigenvalue weighted by molar-refractivity contribution is 6.02. The van der Waals surface area contributed by atoms with Gasteiger partial charge < -0.3 is 9.64 Å². The highest BCUT2D eigenvalue weighted by atomic mass is 19.4. The summed E-state index contributed by atoms with van der Waals surface area (Å²) in [6, 6.07) is 8.01. The van der Waals surface area contributed by atoms with Gasteiger partial charge in [0.25, 0.3) is 0 Å². The third-order valence-corrected chi connectivity index (χ3v) is 5.07. The number of ether oxygens (including phenoxy) is 1. The van der Waals surface area contributed by atoms with Crippen molar-refractivity contribution in [2.75, 3.05) is 25.1 Å². The summed E-state index contributed by atoms with van der Waals surface area (Å²) in [4.78, 5) is 32.0. The summed E-state index contributed by atoms with van der Waals surface area (Å²) < 4.78 is 43.4. The third kappa shape index (κ3) is 4.39. The van der Waals surface area contributed by atoms with Crippen LogP contribution in [-0.2, 0) is 6.18 Å². The van der Waals surface area contributed by atoms with Crippen molar-refractivity contribution in [1.29, 1.82) is 0 Å². The van der Waals surface area contributed by atoms with Gasteiger partial charge in [-0.05, 0) is 30.2 Å². The number of hydrogen-bond donors (Lipinski definition) is 0. The molecule has 30 heavy (non-hydrogen) atoms. The highest BCUT2D eigenvalue weighted by Gasteiger charge is 2.41. The number of carbonyl (C=O) groups excluding carboxylic acids is 2. The summed E-state index contributed by atoms with van der Waals surface area (Å²) >= 11 is 0. The lowest BCUT2D eigenvalue weighted by Crippen LogP contribution is -2.41. The first-order valence-corrected chi connectivity index (χ1v) is 9.40. The lowest BCUT2D eigenvalue weighted by molar-refractivity contribution is -0.141. The zero-order valence-electron chi connectivity index (χ0n) is 16.8. The van der Waals surface area contributed by atoms with Crippen molar-refractivity contribution in [3.8, 4) is 5.75 Å². The van der Waals surface area contributed by atoms with Crippen LogP contribution in [0.4, 0.5) is 23.7 Å². The lowest BCUT2D eigenvalue weighted by atomic mass is 10.0. The maximum atomic E-state index is 13.0. The van der Waals surface area contributed by atoms with Crippen LogP contribution in [0, 0.1) is 5.92 Å². The number of hydrogen-bond acceptors (Lipinski definition) is 4. The number of aromatic nitrogens is 1. The number of anilines is 1. The molecule has 6 nitrogen and oxygen atoms in total. The quantitative estimate of drug-likeness (QED) is 0.654. The molecule has 0 N–H and O–H groups in total.